The second kappa shape index (κ2) is 7.15. The highest BCUT2D eigenvalue weighted by molar-refractivity contribution is 6.83. The molecule has 0 fully saturated rings. The van der Waals surface area contributed by atoms with Crippen LogP contribution in [0.3, 0.4) is 0 Å². The summed E-state index contributed by atoms with van der Waals surface area (Å²) in [5.41, 5.74) is 4.58. The van der Waals surface area contributed by atoms with Gasteiger partial charge in [-0.3, -0.25) is 4.79 Å². The molecule has 0 saturated carbocycles. The molecule has 1 atom stereocenters. The first-order valence-corrected chi connectivity index (χ1v) is 10.1. The van der Waals surface area contributed by atoms with E-state index in [0.29, 0.717) is 12.8 Å². The van der Waals surface area contributed by atoms with Crippen LogP contribution in [-0.4, -0.2) is 21.2 Å². The molecule has 0 saturated heterocycles. The van der Waals surface area contributed by atoms with Crippen molar-refractivity contribution in [3.05, 3.63) is 35.9 Å². The first-order valence-electron chi connectivity index (χ1n) is 6.57. The smallest absolute Gasteiger partial charge is 0.305 e. The number of hydrogen-bond donors (Lipinski definition) is 0. The molecule has 3 heteroatoms. The summed E-state index contributed by atoms with van der Waals surface area (Å²) in [6.45, 7) is 6.67. The number of carbonyl (C=O) groups is 1. The van der Waals surface area contributed by atoms with E-state index in [2.05, 4.69) is 43.2 Å². The summed E-state index contributed by atoms with van der Waals surface area (Å²) in [4.78, 5) is 11.3. The molecule has 0 radical (unpaired) electrons. The highest BCUT2D eigenvalue weighted by Crippen LogP contribution is 2.21. The maximum atomic E-state index is 11.3. The topological polar surface area (TPSA) is 26.3 Å². The summed E-state index contributed by atoms with van der Waals surface area (Å²) >= 11 is 0. The fraction of sp³-hybridized carbons (Fsp3) is 0.438. The molecule has 0 aromatic heterocycles. The normalized spacial score (nSPS) is 12.2. The van der Waals surface area contributed by atoms with Crippen molar-refractivity contribution in [2.24, 2.45) is 0 Å². The molecule has 102 valence electrons. The molecule has 0 aliphatic rings. The summed E-state index contributed by atoms with van der Waals surface area (Å²) in [5, 5.41) is 0. The van der Waals surface area contributed by atoms with Crippen molar-refractivity contribution in [3.8, 4) is 11.5 Å². The van der Waals surface area contributed by atoms with Gasteiger partial charge < -0.3 is 4.74 Å². The minimum absolute atomic E-state index is 0.118. The van der Waals surface area contributed by atoms with Crippen LogP contribution < -0.4 is 0 Å². The number of hydrogen-bond acceptors (Lipinski definition) is 2. The highest BCUT2D eigenvalue weighted by atomic mass is 28.3. The Hall–Kier alpha value is -1.53. The fourth-order valence-electron chi connectivity index (χ4n) is 1.68. The van der Waals surface area contributed by atoms with Gasteiger partial charge in [-0.05, 0) is 12.0 Å². The van der Waals surface area contributed by atoms with Crippen molar-refractivity contribution in [1.82, 2.24) is 0 Å². The first kappa shape index (κ1) is 15.5. The molecule has 0 aliphatic carbocycles. The average Bonchev–Trinajstić information content (AvgIpc) is 2.38. The quantitative estimate of drug-likeness (QED) is 0.476. The molecule has 0 unspecified atom stereocenters. The van der Waals surface area contributed by atoms with Gasteiger partial charge in [0.25, 0.3) is 0 Å². The molecule has 0 heterocycles. The van der Waals surface area contributed by atoms with Crippen molar-refractivity contribution < 1.29 is 9.53 Å². The average molecular weight is 274 g/mol. The second-order valence-electron chi connectivity index (χ2n) is 5.60. The monoisotopic (exact) mass is 274 g/mol. The molecule has 19 heavy (non-hydrogen) atoms. The Kier molecular flexibility index (Phi) is 5.84. The van der Waals surface area contributed by atoms with Gasteiger partial charge in [0, 0.05) is 12.3 Å². The predicted molar refractivity (Wildman–Crippen MR) is 81.6 cm³/mol. The van der Waals surface area contributed by atoms with Crippen molar-refractivity contribution in [2.45, 2.75) is 38.4 Å². The zero-order valence-corrected chi connectivity index (χ0v) is 13.2. The summed E-state index contributed by atoms with van der Waals surface area (Å²) in [6, 6.07) is 10.2. The van der Waals surface area contributed by atoms with E-state index >= 15 is 0 Å². The molecule has 2 nitrogen and oxygen atoms in total. The van der Waals surface area contributed by atoms with Gasteiger partial charge >= 0.3 is 5.97 Å². The molecule has 0 bridgehead atoms. The minimum atomic E-state index is -1.39. The minimum Gasteiger partial charge on any atom is -0.469 e. The second-order valence-corrected chi connectivity index (χ2v) is 10.3. The molecule has 0 amide bonds. The fourth-order valence-corrected chi connectivity index (χ4v) is 2.28. The van der Waals surface area contributed by atoms with Gasteiger partial charge in [-0.15, -0.1) is 11.5 Å². The van der Waals surface area contributed by atoms with E-state index in [9.17, 15) is 4.79 Å². The Labute approximate surface area is 117 Å². The SMILES string of the molecule is COC(=O)CC[C@H](C#C[Si](C)(C)C)c1ccccc1. The molecular formula is C16H22O2Si. The van der Waals surface area contributed by atoms with Gasteiger partial charge in [-0.1, -0.05) is 50.0 Å². The molecular weight excluding hydrogens is 252 g/mol. The zero-order valence-electron chi connectivity index (χ0n) is 12.2. The molecule has 0 aliphatic heterocycles. The van der Waals surface area contributed by atoms with Gasteiger partial charge in [0.2, 0.25) is 0 Å². The summed E-state index contributed by atoms with van der Waals surface area (Å²) in [7, 11) is 0.0295. The molecule has 1 aromatic rings. The van der Waals surface area contributed by atoms with Crippen LogP contribution in [0.25, 0.3) is 0 Å². The van der Waals surface area contributed by atoms with Crippen LogP contribution >= 0.6 is 0 Å². The van der Waals surface area contributed by atoms with Gasteiger partial charge in [0.05, 0.1) is 7.11 Å². The van der Waals surface area contributed by atoms with Gasteiger partial charge in [0.15, 0.2) is 0 Å². The number of benzene rings is 1. The summed E-state index contributed by atoms with van der Waals surface area (Å²) in [6.07, 6.45) is 1.13. The lowest BCUT2D eigenvalue weighted by atomic mass is 9.95. The van der Waals surface area contributed by atoms with Crippen LogP contribution in [0.2, 0.25) is 19.6 Å². The first-order chi connectivity index (χ1) is 8.92. The maximum absolute atomic E-state index is 11.3. The van der Waals surface area contributed by atoms with E-state index in [1.165, 1.54) is 12.7 Å². The lowest BCUT2D eigenvalue weighted by Gasteiger charge is -2.12. The van der Waals surface area contributed by atoms with E-state index in [1.54, 1.807) is 0 Å². The lowest BCUT2D eigenvalue weighted by molar-refractivity contribution is -0.140. The number of ether oxygens (including phenoxy) is 1. The zero-order chi connectivity index (χ0) is 14.3. The van der Waals surface area contributed by atoms with Crippen molar-refractivity contribution in [2.75, 3.05) is 7.11 Å². The van der Waals surface area contributed by atoms with Gasteiger partial charge in [0.1, 0.15) is 8.07 Å². The molecule has 1 aromatic carbocycles. The maximum Gasteiger partial charge on any atom is 0.305 e. The van der Waals surface area contributed by atoms with E-state index in [0.717, 1.165) is 0 Å². The van der Waals surface area contributed by atoms with Crippen LogP contribution in [0.1, 0.15) is 24.3 Å². The van der Waals surface area contributed by atoms with Crippen molar-refractivity contribution in [1.29, 1.82) is 0 Å². The summed E-state index contributed by atoms with van der Waals surface area (Å²) < 4.78 is 4.70. The molecule has 0 N–H and O–H groups in total. The number of methoxy groups -OCH3 is 1. The van der Waals surface area contributed by atoms with Crippen molar-refractivity contribution >= 4 is 14.0 Å². The standard InChI is InChI=1S/C16H22O2Si/c1-18-16(17)11-10-15(12-13-19(2,3)4)14-8-6-5-7-9-14/h5-9,15H,10-11H2,1-4H3/t15-/m1/s1. The molecule has 1 rings (SSSR count). The van der Waals surface area contributed by atoms with Crippen LogP contribution in [0.15, 0.2) is 30.3 Å². The Morgan fingerprint density at radius 2 is 1.89 bits per heavy atom. The van der Waals surface area contributed by atoms with Gasteiger partial charge in [-0.2, -0.15) is 0 Å². The van der Waals surface area contributed by atoms with Crippen molar-refractivity contribution in [3.63, 3.8) is 0 Å². The van der Waals surface area contributed by atoms with E-state index < -0.39 is 8.07 Å². The Balaban J connectivity index is 2.85. The number of esters is 1. The highest BCUT2D eigenvalue weighted by Gasteiger charge is 2.13. The Morgan fingerprint density at radius 1 is 1.26 bits per heavy atom. The number of rotatable bonds is 4. The van der Waals surface area contributed by atoms with Crippen LogP contribution in [-0.2, 0) is 9.53 Å². The third-order valence-electron chi connectivity index (χ3n) is 2.69. The van der Waals surface area contributed by atoms with Crippen LogP contribution in [0, 0.1) is 11.5 Å². The molecule has 0 spiro atoms. The largest absolute Gasteiger partial charge is 0.469 e. The van der Waals surface area contributed by atoms with E-state index in [1.807, 2.05) is 18.2 Å². The third kappa shape index (κ3) is 6.26. The van der Waals surface area contributed by atoms with Crippen LogP contribution in [0.4, 0.5) is 0 Å². The Morgan fingerprint density at radius 3 is 2.42 bits per heavy atom. The third-order valence-corrected chi connectivity index (χ3v) is 3.58. The number of carbonyl (C=O) groups excluding carboxylic acids is 1. The van der Waals surface area contributed by atoms with E-state index in [-0.39, 0.29) is 11.9 Å². The summed E-state index contributed by atoms with van der Waals surface area (Å²) in [5.74, 6) is 3.31. The predicted octanol–water partition coefficient (Wildman–Crippen LogP) is 3.60. The van der Waals surface area contributed by atoms with Crippen LogP contribution in [0.5, 0.6) is 0 Å². The lowest BCUT2D eigenvalue weighted by Crippen LogP contribution is -2.17. The van der Waals surface area contributed by atoms with Gasteiger partial charge in [-0.25, -0.2) is 0 Å². The Bertz CT molecular complexity index is 463. The van der Waals surface area contributed by atoms with E-state index in [4.69, 9.17) is 4.74 Å².